The maximum atomic E-state index is 13.9. The van der Waals surface area contributed by atoms with Gasteiger partial charge in [0.15, 0.2) is 0 Å². The van der Waals surface area contributed by atoms with Crippen molar-refractivity contribution in [2.45, 2.75) is 12.4 Å². The molecule has 0 radical (unpaired) electrons. The number of benzene rings is 3. The molecular formula is C36H8F6N8. The minimum Gasteiger partial charge on any atom is -0.192 e. The topological polar surface area (TPSA) is 190 Å². The highest BCUT2D eigenvalue weighted by atomic mass is 19.4. The van der Waals surface area contributed by atoms with Gasteiger partial charge in [-0.15, -0.1) is 0 Å². The van der Waals surface area contributed by atoms with E-state index in [1.54, 1.807) is 30.3 Å². The SMILES string of the molecule is N#CC(C#N)=C1C(c2ccc(C#N)c(C#N)c2)=C(C#N)c2cc3c(cc21)C(=C(C#N)C#N)C(c1ccc(C(F)(F)F)c(C(F)(F)F)c1)=C3C#N. The van der Waals surface area contributed by atoms with E-state index in [2.05, 4.69) is 0 Å². The van der Waals surface area contributed by atoms with E-state index in [0.29, 0.717) is 6.07 Å². The first-order valence-electron chi connectivity index (χ1n) is 13.6. The second-order valence-corrected chi connectivity index (χ2v) is 10.4. The van der Waals surface area contributed by atoms with Gasteiger partial charge in [0, 0.05) is 33.4 Å². The number of fused-ring (bicyclic) bond motifs is 2. The Morgan fingerprint density at radius 1 is 0.440 bits per heavy atom. The number of halogens is 6. The first kappa shape index (κ1) is 33.5. The highest BCUT2D eigenvalue weighted by molar-refractivity contribution is 6.29. The molecule has 0 aromatic heterocycles. The zero-order valence-corrected chi connectivity index (χ0v) is 24.5. The van der Waals surface area contributed by atoms with Gasteiger partial charge in [0.2, 0.25) is 0 Å². The number of hydrogen-bond acceptors (Lipinski definition) is 8. The summed E-state index contributed by atoms with van der Waals surface area (Å²) in [6, 6.07) is 21.4. The monoisotopic (exact) mass is 666 g/mol. The molecule has 0 unspecified atom stereocenters. The zero-order valence-electron chi connectivity index (χ0n) is 24.5. The van der Waals surface area contributed by atoms with Crippen molar-refractivity contribution in [1.82, 2.24) is 0 Å². The minimum atomic E-state index is -5.51. The van der Waals surface area contributed by atoms with Crippen LogP contribution in [-0.4, -0.2) is 0 Å². The van der Waals surface area contributed by atoms with Crippen LogP contribution >= 0.6 is 0 Å². The molecule has 0 saturated carbocycles. The molecule has 0 atom stereocenters. The van der Waals surface area contributed by atoms with Crippen LogP contribution in [0.3, 0.4) is 0 Å². The van der Waals surface area contributed by atoms with Crippen LogP contribution in [0, 0.1) is 90.6 Å². The third kappa shape index (κ3) is 5.06. The van der Waals surface area contributed by atoms with E-state index >= 15 is 0 Å². The molecule has 3 aromatic carbocycles. The molecular weight excluding hydrogens is 658 g/mol. The summed E-state index contributed by atoms with van der Waals surface area (Å²) in [4.78, 5) is 0. The first-order chi connectivity index (χ1) is 23.7. The molecule has 8 nitrogen and oxygen atoms in total. The van der Waals surface area contributed by atoms with Gasteiger partial charge in [0.1, 0.15) is 59.7 Å². The van der Waals surface area contributed by atoms with E-state index < -0.39 is 56.9 Å². The number of hydrogen-bond donors (Lipinski definition) is 0. The maximum absolute atomic E-state index is 13.9. The van der Waals surface area contributed by atoms with Crippen LogP contribution < -0.4 is 0 Å². The number of nitrogens with zero attached hydrogens (tertiary/aromatic N) is 8. The van der Waals surface area contributed by atoms with Crippen LogP contribution in [0.5, 0.6) is 0 Å². The smallest absolute Gasteiger partial charge is 0.192 e. The van der Waals surface area contributed by atoms with Crippen molar-refractivity contribution in [3.63, 3.8) is 0 Å². The van der Waals surface area contributed by atoms with Gasteiger partial charge in [-0.3, -0.25) is 0 Å². The summed E-state index contributed by atoms with van der Waals surface area (Å²) in [5, 5.41) is 79.2. The molecule has 2 aliphatic rings. The van der Waals surface area contributed by atoms with Gasteiger partial charge in [-0.05, 0) is 58.7 Å². The predicted molar refractivity (Wildman–Crippen MR) is 160 cm³/mol. The van der Waals surface area contributed by atoms with Crippen molar-refractivity contribution >= 4 is 33.4 Å². The Balaban J connectivity index is 1.93. The summed E-state index contributed by atoms with van der Waals surface area (Å²) in [5.74, 6) is 0. The van der Waals surface area contributed by atoms with Crippen LogP contribution in [0.1, 0.15) is 55.6 Å². The van der Waals surface area contributed by atoms with Crippen molar-refractivity contribution < 1.29 is 26.3 Å². The molecule has 0 amide bonds. The van der Waals surface area contributed by atoms with E-state index in [-0.39, 0.29) is 67.8 Å². The largest absolute Gasteiger partial charge is 0.417 e. The van der Waals surface area contributed by atoms with Crippen molar-refractivity contribution in [1.29, 1.82) is 42.1 Å². The summed E-state index contributed by atoms with van der Waals surface area (Å²) in [6.45, 7) is 0. The van der Waals surface area contributed by atoms with Gasteiger partial charge in [-0.2, -0.15) is 68.4 Å². The lowest BCUT2D eigenvalue weighted by Crippen LogP contribution is -2.16. The zero-order chi connectivity index (χ0) is 36.7. The fourth-order valence-corrected chi connectivity index (χ4v) is 5.89. The van der Waals surface area contributed by atoms with E-state index in [0.717, 1.165) is 0 Å². The lowest BCUT2D eigenvalue weighted by molar-refractivity contribution is -0.162. The first-order valence-corrected chi connectivity index (χ1v) is 13.6. The van der Waals surface area contributed by atoms with Crippen molar-refractivity contribution in [3.05, 3.63) is 115 Å². The summed E-state index contributed by atoms with van der Waals surface area (Å²) < 4.78 is 82.6. The van der Waals surface area contributed by atoms with Crippen LogP contribution in [-0.2, 0) is 12.4 Å². The standard InChI is InChI=1S/C36H8F6N8/c37-35(38,39)29-4-3-18(6-30(29)36(40,41)42)32-28(16-50)24-7-23-25(8-26(24)34(32)22(13-47)14-48)33(21(11-45)12-46)31(27(23)15-49)17-1-2-19(9-43)20(5-17)10-44/h1-8H. The molecule has 50 heavy (non-hydrogen) atoms. The average molecular weight is 667 g/mol. The molecule has 0 N–H and O–H groups in total. The van der Waals surface area contributed by atoms with Gasteiger partial charge in [0.05, 0.1) is 33.4 Å². The quantitative estimate of drug-likeness (QED) is 0.194. The number of alkyl halides is 6. The minimum absolute atomic E-state index is 0.00839. The molecule has 0 bridgehead atoms. The Morgan fingerprint density at radius 2 is 0.860 bits per heavy atom. The second-order valence-electron chi connectivity index (χ2n) is 10.4. The summed E-state index contributed by atoms with van der Waals surface area (Å²) in [6.07, 6.45) is -10.9. The second kappa shape index (κ2) is 12.0. The van der Waals surface area contributed by atoms with Gasteiger partial charge in [-0.25, -0.2) is 0 Å². The molecule has 2 aliphatic carbocycles. The van der Waals surface area contributed by atoms with Crippen LogP contribution in [0.25, 0.3) is 33.4 Å². The van der Waals surface area contributed by atoms with Crippen LogP contribution in [0.15, 0.2) is 59.7 Å². The third-order valence-electron chi connectivity index (χ3n) is 7.87. The Kier molecular flexibility index (Phi) is 8.07. The van der Waals surface area contributed by atoms with E-state index in [1.165, 1.54) is 30.3 Å². The van der Waals surface area contributed by atoms with Crippen molar-refractivity contribution in [2.24, 2.45) is 0 Å². The molecule has 234 valence electrons. The van der Waals surface area contributed by atoms with Crippen LogP contribution in [0.4, 0.5) is 26.3 Å². The highest BCUT2D eigenvalue weighted by Crippen LogP contribution is 2.55. The van der Waals surface area contributed by atoms with E-state index in [1.807, 2.05) is 18.2 Å². The van der Waals surface area contributed by atoms with Gasteiger partial charge in [-0.1, -0.05) is 12.1 Å². The van der Waals surface area contributed by atoms with Gasteiger partial charge >= 0.3 is 12.4 Å². The normalized spacial score (nSPS) is 13.0. The van der Waals surface area contributed by atoms with Crippen molar-refractivity contribution in [3.8, 4) is 48.6 Å². The fourth-order valence-electron chi connectivity index (χ4n) is 5.89. The molecule has 14 heteroatoms. The van der Waals surface area contributed by atoms with Gasteiger partial charge in [0.25, 0.3) is 0 Å². The van der Waals surface area contributed by atoms with E-state index in [9.17, 15) is 68.4 Å². The van der Waals surface area contributed by atoms with Gasteiger partial charge < -0.3 is 0 Å². The predicted octanol–water partition coefficient (Wildman–Crippen LogP) is 7.97. The Morgan fingerprint density at radius 3 is 1.26 bits per heavy atom. The van der Waals surface area contributed by atoms with E-state index in [4.69, 9.17) is 0 Å². The number of allylic oxidation sites excluding steroid dienone is 8. The maximum Gasteiger partial charge on any atom is 0.417 e. The Labute approximate surface area is 277 Å². The Hall–Kier alpha value is -7.88. The van der Waals surface area contributed by atoms with Crippen LogP contribution in [0.2, 0.25) is 0 Å². The molecule has 0 aliphatic heterocycles. The van der Waals surface area contributed by atoms with Crippen molar-refractivity contribution in [2.75, 3.05) is 0 Å². The molecule has 5 rings (SSSR count). The summed E-state index contributed by atoms with van der Waals surface area (Å²) in [5.41, 5.74) is -7.85. The third-order valence-corrected chi connectivity index (χ3v) is 7.87. The lowest BCUT2D eigenvalue weighted by Gasteiger charge is -2.18. The molecule has 0 heterocycles. The molecule has 0 saturated heterocycles. The summed E-state index contributed by atoms with van der Waals surface area (Å²) >= 11 is 0. The number of rotatable bonds is 2. The molecule has 0 spiro atoms. The fraction of sp³-hybridized carbons (Fsp3) is 0.0556. The lowest BCUT2D eigenvalue weighted by atomic mass is 9.88. The average Bonchev–Trinajstić information content (AvgIpc) is 3.58. The Bertz CT molecular complexity index is 2560. The molecule has 0 fully saturated rings. The number of nitriles is 8. The summed E-state index contributed by atoms with van der Waals surface area (Å²) in [7, 11) is 0. The molecule has 3 aromatic rings. The highest BCUT2D eigenvalue weighted by Gasteiger charge is 2.44.